The number of nitrogens with zero attached hydrogens (tertiary/aromatic N) is 2. The summed E-state index contributed by atoms with van der Waals surface area (Å²) >= 11 is 0. The summed E-state index contributed by atoms with van der Waals surface area (Å²) in [6, 6.07) is 12.3. The topological polar surface area (TPSA) is 107 Å². The Hall–Kier alpha value is -3.60. The molecule has 1 amide bonds. The predicted molar refractivity (Wildman–Crippen MR) is 164 cm³/mol. The monoisotopic (exact) mass is 577 g/mol. The average Bonchev–Trinajstić information content (AvgIpc) is 3.32. The van der Waals surface area contributed by atoms with Crippen LogP contribution in [0, 0.1) is 0 Å². The van der Waals surface area contributed by atoms with Crippen LogP contribution in [0.25, 0.3) is 16.5 Å². The van der Waals surface area contributed by atoms with Gasteiger partial charge in [-0.15, -0.1) is 0 Å². The lowest BCUT2D eigenvalue weighted by molar-refractivity contribution is 0.0383. The number of sulfonamides is 1. The highest BCUT2D eigenvalue weighted by Crippen LogP contribution is 2.33. The van der Waals surface area contributed by atoms with E-state index < -0.39 is 10.0 Å². The first-order valence-corrected chi connectivity index (χ1v) is 15.5. The molecule has 2 aliphatic rings. The molecule has 0 radical (unpaired) electrons. The molecular weight excluding hydrogens is 538 g/mol. The Kier molecular flexibility index (Phi) is 8.26. The van der Waals surface area contributed by atoms with E-state index in [9.17, 15) is 13.2 Å². The number of hydrogen-bond donors (Lipinski definition) is 3. The molecular formula is C31H39N5O4S. The number of aromatic amines is 1. The van der Waals surface area contributed by atoms with E-state index in [1.165, 1.54) is 0 Å². The molecule has 1 fully saturated rings. The summed E-state index contributed by atoms with van der Waals surface area (Å²) in [5.41, 5.74) is 4.28. The second-order valence-electron chi connectivity index (χ2n) is 11.6. The minimum atomic E-state index is -3.81. The van der Waals surface area contributed by atoms with Crippen LogP contribution in [0.2, 0.25) is 0 Å². The number of fused-ring (bicyclic) bond motifs is 1. The van der Waals surface area contributed by atoms with Gasteiger partial charge < -0.3 is 19.9 Å². The van der Waals surface area contributed by atoms with E-state index in [-0.39, 0.29) is 16.2 Å². The first-order valence-electron chi connectivity index (χ1n) is 14.0. The molecule has 10 heteroatoms. The van der Waals surface area contributed by atoms with E-state index in [2.05, 4.69) is 46.8 Å². The van der Waals surface area contributed by atoms with Gasteiger partial charge in [0.05, 0.1) is 18.1 Å². The van der Waals surface area contributed by atoms with Gasteiger partial charge in [-0.25, -0.2) is 8.42 Å². The number of amides is 1. The zero-order valence-electron chi connectivity index (χ0n) is 24.2. The maximum absolute atomic E-state index is 13.4. The van der Waals surface area contributed by atoms with Crippen molar-refractivity contribution in [2.24, 2.45) is 0 Å². The predicted octanol–water partition coefficient (Wildman–Crippen LogP) is 4.17. The van der Waals surface area contributed by atoms with Crippen molar-refractivity contribution >= 4 is 38.1 Å². The van der Waals surface area contributed by atoms with Crippen LogP contribution < -0.4 is 10.0 Å². The highest BCUT2D eigenvalue weighted by Gasteiger charge is 2.23. The van der Waals surface area contributed by atoms with Gasteiger partial charge in [0, 0.05) is 61.9 Å². The number of ether oxygens (including phenoxy) is 1. The van der Waals surface area contributed by atoms with Gasteiger partial charge in [0.15, 0.2) is 0 Å². The Morgan fingerprint density at radius 1 is 1.07 bits per heavy atom. The first kappa shape index (κ1) is 28.9. The summed E-state index contributed by atoms with van der Waals surface area (Å²) in [6.45, 7) is 11.4. The summed E-state index contributed by atoms with van der Waals surface area (Å²) in [5.74, 6) is -0.196. The van der Waals surface area contributed by atoms with Crippen molar-refractivity contribution in [2.45, 2.75) is 31.1 Å². The molecule has 3 heterocycles. The third-order valence-corrected chi connectivity index (χ3v) is 8.92. The molecule has 9 nitrogen and oxygen atoms in total. The Balaban J connectivity index is 1.43. The Morgan fingerprint density at radius 3 is 2.46 bits per heavy atom. The third-order valence-electron chi connectivity index (χ3n) is 7.52. The maximum Gasteiger partial charge on any atom is 0.268 e. The van der Waals surface area contributed by atoms with E-state index in [4.69, 9.17) is 4.74 Å². The number of likely N-dealkylation sites (N-methyl/N-ethyl adjacent to an activating group) is 1. The van der Waals surface area contributed by atoms with Gasteiger partial charge in [-0.1, -0.05) is 39.0 Å². The molecule has 3 N–H and O–H groups in total. The number of rotatable bonds is 8. The van der Waals surface area contributed by atoms with Crippen LogP contribution in [0.5, 0.6) is 0 Å². The molecule has 0 bridgehead atoms. The normalized spacial score (nSPS) is 16.6. The highest BCUT2D eigenvalue weighted by atomic mass is 32.2. The van der Waals surface area contributed by atoms with Gasteiger partial charge in [-0.3, -0.25) is 14.4 Å². The van der Waals surface area contributed by atoms with E-state index in [0.29, 0.717) is 37.7 Å². The number of H-pyrrole nitrogens is 1. The lowest BCUT2D eigenvalue weighted by atomic mass is 9.87. The number of carbonyl (C=O) groups excluding carboxylic acids is 1. The van der Waals surface area contributed by atoms with Gasteiger partial charge in [0.25, 0.3) is 15.9 Å². The van der Waals surface area contributed by atoms with Crippen LogP contribution in [0.1, 0.15) is 42.4 Å². The van der Waals surface area contributed by atoms with Gasteiger partial charge in [0.1, 0.15) is 5.69 Å². The number of nitrogens with one attached hydrogen (secondary N) is 3. The molecule has 0 aliphatic carbocycles. The van der Waals surface area contributed by atoms with Gasteiger partial charge in [0.2, 0.25) is 0 Å². The van der Waals surface area contributed by atoms with Crippen molar-refractivity contribution in [3.8, 4) is 0 Å². The molecule has 5 rings (SSSR count). The lowest BCUT2D eigenvalue weighted by Gasteiger charge is -2.26. The molecule has 218 valence electrons. The molecule has 1 aromatic heterocycles. The summed E-state index contributed by atoms with van der Waals surface area (Å²) in [6.07, 6.45) is 6.02. The molecule has 2 aliphatic heterocycles. The minimum Gasteiger partial charge on any atom is -0.379 e. The highest BCUT2D eigenvalue weighted by molar-refractivity contribution is 7.92. The SMILES string of the molecule is CN1C=CC(c2c(C(=O)NCCN3CCOCC3)[nH]c3ccc(NS(=O)(=O)c4ccc(C(C)(C)C)cc4)cc23)=CC1. The average molecular weight is 578 g/mol. The van der Waals surface area contributed by atoms with E-state index >= 15 is 0 Å². The largest absolute Gasteiger partial charge is 0.379 e. The molecule has 2 aromatic carbocycles. The summed E-state index contributed by atoms with van der Waals surface area (Å²) in [7, 11) is -1.82. The van der Waals surface area contributed by atoms with E-state index in [1.807, 2.05) is 42.4 Å². The minimum absolute atomic E-state index is 0.0744. The number of hydrogen-bond acceptors (Lipinski definition) is 6. The second kappa shape index (κ2) is 11.7. The number of morpholine rings is 1. The zero-order chi connectivity index (χ0) is 29.2. The van der Waals surface area contributed by atoms with Gasteiger partial charge >= 0.3 is 0 Å². The molecule has 0 spiro atoms. The van der Waals surface area contributed by atoms with Gasteiger partial charge in [-0.05, 0) is 59.2 Å². The van der Waals surface area contributed by atoms with Crippen LogP contribution in [0.15, 0.2) is 65.7 Å². The Morgan fingerprint density at radius 2 is 1.80 bits per heavy atom. The van der Waals surface area contributed by atoms with E-state index in [0.717, 1.165) is 47.2 Å². The molecule has 0 unspecified atom stereocenters. The number of anilines is 1. The number of aromatic nitrogens is 1. The van der Waals surface area contributed by atoms with Crippen LogP contribution >= 0.6 is 0 Å². The van der Waals surface area contributed by atoms with Crippen LogP contribution in [0.4, 0.5) is 5.69 Å². The first-order chi connectivity index (χ1) is 19.5. The fraction of sp³-hybridized carbons (Fsp3) is 0.387. The van der Waals surface area contributed by atoms with Crippen LogP contribution in [-0.2, 0) is 20.2 Å². The van der Waals surface area contributed by atoms with Crippen molar-refractivity contribution in [1.82, 2.24) is 20.1 Å². The van der Waals surface area contributed by atoms with Crippen molar-refractivity contribution < 1.29 is 17.9 Å². The summed E-state index contributed by atoms with van der Waals surface area (Å²) in [5, 5.41) is 3.83. The molecule has 1 saturated heterocycles. The van der Waals surface area contributed by atoms with Crippen molar-refractivity contribution in [1.29, 1.82) is 0 Å². The standard InChI is InChI=1S/C31H39N5O4S/c1-31(2,3)23-5-8-25(9-6-23)41(38,39)34-24-7-10-27-26(21-24)28(22-11-14-35(4)15-12-22)29(33-27)30(37)32-13-16-36-17-19-40-20-18-36/h5-12,14,21,33-34H,13,15-20H2,1-4H3,(H,32,37). The van der Waals surface area contributed by atoms with Gasteiger partial charge in [-0.2, -0.15) is 0 Å². The third kappa shape index (κ3) is 6.66. The zero-order valence-corrected chi connectivity index (χ0v) is 25.0. The van der Waals surface area contributed by atoms with Crippen LogP contribution in [-0.4, -0.2) is 82.1 Å². The second-order valence-corrected chi connectivity index (χ2v) is 13.3. The number of carbonyl (C=O) groups is 1. The molecule has 41 heavy (non-hydrogen) atoms. The molecule has 0 atom stereocenters. The van der Waals surface area contributed by atoms with Crippen molar-refractivity contribution in [3.63, 3.8) is 0 Å². The Bertz CT molecular complexity index is 1580. The lowest BCUT2D eigenvalue weighted by Crippen LogP contribution is -2.41. The summed E-state index contributed by atoms with van der Waals surface area (Å²) < 4.78 is 34.7. The maximum atomic E-state index is 13.4. The summed E-state index contributed by atoms with van der Waals surface area (Å²) in [4.78, 5) is 21.2. The van der Waals surface area contributed by atoms with E-state index in [1.54, 1.807) is 24.3 Å². The number of allylic oxidation sites excluding steroid dienone is 2. The fourth-order valence-electron chi connectivity index (χ4n) is 5.08. The Labute approximate surface area is 242 Å². The van der Waals surface area contributed by atoms with Crippen molar-refractivity contribution in [3.05, 3.63) is 77.6 Å². The molecule has 0 saturated carbocycles. The smallest absolute Gasteiger partial charge is 0.268 e. The number of benzene rings is 2. The quantitative estimate of drug-likeness (QED) is 0.371. The molecule has 3 aromatic rings. The fourth-order valence-corrected chi connectivity index (χ4v) is 6.13. The van der Waals surface area contributed by atoms with Crippen LogP contribution in [0.3, 0.4) is 0 Å². The van der Waals surface area contributed by atoms with Crippen molar-refractivity contribution in [2.75, 3.05) is 57.7 Å².